The maximum atomic E-state index is 6.28. The average molecular weight is 310 g/mol. The molecule has 5 nitrogen and oxygen atoms in total. The second-order valence-corrected chi connectivity index (χ2v) is 6.11. The normalized spacial score (nSPS) is 20.0. The van der Waals surface area contributed by atoms with Crippen molar-refractivity contribution in [3.05, 3.63) is 18.0 Å². The van der Waals surface area contributed by atoms with Gasteiger partial charge in [-0.25, -0.2) is 4.98 Å². The van der Waals surface area contributed by atoms with E-state index in [2.05, 4.69) is 14.5 Å². The number of imidazole rings is 1. The van der Waals surface area contributed by atoms with E-state index < -0.39 is 0 Å². The zero-order valence-electron chi connectivity index (χ0n) is 12.4. The monoisotopic (exact) mass is 309 g/mol. The lowest BCUT2D eigenvalue weighted by molar-refractivity contribution is 0.183. The molecule has 0 aromatic carbocycles. The van der Waals surface area contributed by atoms with Gasteiger partial charge in [0, 0.05) is 25.8 Å². The first-order valence-corrected chi connectivity index (χ1v) is 7.75. The Labute approximate surface area is 129 Å². The first-order valence-electron chi connectivity index (χ1n) is 7.32. The molecule has 2 aromatic rings. The van der Waals surface area contributed by atoms with E-state index in [1.54, 1.807) is 7.11 Å². The number of nitrogens with zero attached hydrogens (tertiary/aromatic N) is 3. The molecule has 3 heterocycles. The number of hydrogen-bond acceptors (Lipinski definition) is 4. The molecular weight excluding hydrogens is 290 g/mol. The number of aromatic nitrogens is 3. The van der Waals surface area contributed by atoms with Crippen LogP contribution in [0, 0.1) is 5.92 Å². The summed E-state index contributed by atoms with van der Waals surface area (Å²) in [7, 11) is 1.62. The van der Waals surface area contributed by atoms with E-state index in [-0.39, 0.29) is 5.38 Å². The Balaban J connectivity index is 1.93. The van der Waals surface area contributed by atoms with Crippen molar-refractivity contribution < 1.29 is 9.47 Å². The molecule has 2 unspecified atom stereocenters. The molecule has 0 aliphatic carbocycles. The molecule has 1 aliphatic heterocycles. The van der Waals surface area contributed by atoms with Crippen LogP contribution in [0.1, 0.15) is 31.0 Å². The maximum Gasteiger partial charge on any atom is 0.215 e. The zero-order chi connectivity index (χ0) is 14.8. The minimum atomic E-state index is -0.148. The Kier molecular flexibility index (Phi) is 4.31. The number of alkyl halides is 1. The minimum absolute atomic E-state index is 0.148. The van der Waals surface area contributed by atoms with Crippen LogP contribution in [0.15, 0.2) is 12.1 Å². The number of fused-ring (bicyclic) bond motifs is 1. The van der Waals surface area contributed by atoms with Crippen LogP contribution >= 0.6 is 11.6 Å². The summed E-state index contributed by atoms with van der Waals surface area (Å²) in [5.74, 6) is 2.08. The van der Waals surface area contributed by atoms with Gasteiger partial charge in [-0.05, 0) is 31.7 Å². The quantitative estimate of drug-likeness (QED) is 0.796. The van der Waals surface area contributed by atoms with Crippen LogP contribution in [-0.2, 0) is 11.3 Å². The standard InChI is InChI=1S/C15H20ClN3O2/c1-10(16)14-17-12-3-4-13(20-2)18-15(12)19(14)7-5-11-6-8-21-9-11/h3-4,10-11H,5-9H2,1-2H3. The Hall–Kier alpha value is -1.33. The third-order valence-corrected chi connectivity index (χ3v) is 4.14. The van der Waals surface area contributed by atoms with Gasteiger partial charge in [0.2, 0.25) is 5.88 Å². The number of halogens is 1. The van der Waals surface area contributed by atoms with Gasteiger partial charge < -0.3 is 14.0 Å². The zero-order valence-corrected chi connectivity index (χ0v) is 13.1. The van der Waals surface area contributed by atoms with Crippen molar-refractivity contribution in [2.75, 3.05) is 20.3 Å². The molecule has 6 heteroatoms. The smallest absolute Gasteiger partial charge is 0.215 e. The van der Waals surface area contributed by atoms with Crippen LogP contribution in [0.4, 0.5) is 0 Å². The molecule has 1 saturated heterocycles. The van der Waals surface area contributed by atoms with E-state index in [1.807, 2.05) is 19.1 Å². The minimum Gasteiger partial charge on any atom is -0.481 e. The van der Waals surface area contributed by atoms with Gasteiger partial charge in [0.25, 0.3) is 0 Å². The van der Waals surface area contributed by atoms with E-state index in [1.165, 1.54) is 0 Å². The lowest BCUT2D eigenvalue weighted by Gasteiger charge is -2.12. The van der Waals surface area contributed by atoms with Gasteiger partial charge in [0.1, 0.15) is 11.3 Å². The van der Waals surface area contributed by atoms with Crippen molar-refractivity contribution in [3.8, 4) is 5.88 Å². The SMILES string of the molecule is COc1ccc2nc(C(C)Cl)n(CCC3CCOC3)c2n1. The molecule has 0 radical (unpaired) electrons. The lowest BCUT2D eigenvalue weighted by Crippen LogP contribution is -2.10. The second kappa shape index (κ2) is 6.20. The number of hydrogen-bond donors (Lipinski definition) is 0. The van der Waals surface area contributed by atoms with Crippen LogP contribution in [0.2, 0.25) is 0 Å². The number of aryl methyl sites for hydroxylation is 1. The van der Waals surface area contributed by atoms with Crippen molar-refractivity contribution in [2.24, 2.45) is 5.92 Å². The molecule has 0 saturated carbocycles. The molecule has 0 N–H and O–H groups in total. The fourth-order valence-electron chi connectivity index (χ4n) is 2.76. The first-order chi connectivity index (χ1) is 10.2. The first kappa shape index (κ1) is 14.6. The van der Waals surface area contributed by atoms with E-state index in [9.17, 15) is 0 Å². The summed E-state index contributed by atoms with van der Waals surface area (Å²) in [6.07, 6.45) is 2.19. The van der Waals surface area contributed by atoms with Crippen LogP contribution in [0.25, 0.3) is 11.2 Å². The fourth-order valence-corrected chi connectivity index (χ4v) is 2.93. The Bertz CT molecular complexity index is 621. The fraction of sp³-hybridized carbons (Fsp3) is 0.600. The van der Waals surface area contributed by atoms with Gasteiger partial charge in [0.15, 0.2) is 5.65 Å². The largest absolute Gasteiger partial charge is 0.481 e. The number of ether oxygens (including phenoxy) is 2. The van der Waals surface area contributed by atoms with E-state index in [0.717, 1.165) is 49.6 Å². The number of methoxy groups -OCH3 is 1. The van der Waals surface area contributed by atoms with Gasteiger partial charge >= 0.3 is 0 Å². The van der Waals surface area contributed by atoms with E-state index in [4.69, 9.17) is 21.1 Å². The van der Waals surface area contributed by atoms with Crippen LogP contribution in [0.5, 0.6) is 5.88 Å². The highest BCUT2D eigenvalue weighted by Gasteiger charge is 2.20. The second-order valence-electron chi connectivity index (χ2n) is 5.45. The highest BCUT2D eigenvalue weighted by atomic mass is 35.5. The maximum absolute atomic E-state index is 6.28. The third-order valence-electron chi connectivity index (χ3n) is 3.95. The van der Waals surface area contributed by atoms with Gasteiger partial charge in [-0.2, -0.15) is 4.98 Å². The summed E-state index contributed by atoms with van der Waals surface area (Å²) in [6, 6.07) is 3.76. The topological polar surface area (TPSA) is 49.2 Å². The molecular formula is C15H20ClN3O2. The van der Waals surface area contributed by atoms with Crippen molar-refractivity contribution in [1.29, 1.82) is 0 Å². The van der Waals surface area contributed by atoms with E-state index >= 15 is 0 Å². The van der Waals surface area contributed by atoms with Crippen LogP contribution < -0.4 is 4.74 Å². The van der Waals surface area contributed by atoms with Crippen LogP contribution in [-0.4, -0.2) is 34.9 Å². The number of rotatable bonds is 5. The summed E-state index contributed by atoms with van der Waals surface area (Å²) in [6.45, 7) is 4.53. The lowest BCUT2D eigenvalue weighted by atomic mass is 10.1. The van der Waals surface area contributed by atoms with Gasteiger partial charge in [-0.15, -0.1) is 11.6 Å². The summed E-state index contributed by atoms with van der Waals surface area (Å²) >= 11 is 6.28. The molecule has 114 valence electrons. The van der Waals surface area contributed by atoms with E-state index in [0.29, 0.717) is 11.8 Å². The van der Waals surface area contributed by atoms with Crippen molar-refractivity contribution in [3.63, 3.8) is 0 Å². The third kappa shape index (κ3) is 2.99. The van der Waals surface area contributed by atoms with Gasteiger partial charge in [-0.1, -0.05) is 0 Å². The molecule has 0 bridgehead atoms. The summed E-state index contributed by atoms with van der Waals surface area (Å²) < 4.78 is 12.8. The summed E-state index contributed by atoms with van der Waals surface area (Å²) in [5.41, 5.74) is 1.71. The molecule has 1 fully saturated rings. The molecule has 1 aliphatic rings. The predicted octanol–water partition coefficient (Wildman–Crippen LogP) is 3.17. The molecule has 2 aromatic heterocycles. The number of pyridine rings is 1. The molecule has 21 heavy (non-hydrogen) atoms. The predicted molar refractivity (Wildman–Crippen MR) is 81.9 cm³/mol. The molecule has 2 atom stereocenters. The highest BCUT2D eigenvalue weighted by molar-refractivity contribution is 6.20. The highest BCUT2D eigenvalue weighted by Crippen LogP contribution is 2.27. The van der Waals surface area contributed by atoms with Gasteiger partial charge in [0.05, 0.1) is 12.5 Å². The average Bonchev–Trinajstić information content (AvgIpc) is 3.11. The summed E-state index contributed by atoms with van der Waals surface area (Å²) in [4.78, 5) is 9.14. The van der Waals surface area contributed by atoms with Crippen molar-refractivity contribution in [2.45, 2.75) is 31.7 Å². The molecule has 3 rings (SSSR count). The van der Waals surface area contributed by atoms with Crippen LogP contribution in [0.3, 0.4) is 0 Å². The summed E-state index contributed by atoms with van der Waals surface area (Å²) in [5, 5.41) is -0.148. The Morgan fingerprint density at radius 2 is 2.33 bits per heavy atom. The molecule has 0 amide bonds. The van der Waals surface area contributed by atoms with Crippen molar-refractivity contribution >= 4 is 22.8 Å². The Morgan fingerprint density at radius 3 is 3.00 bits per heavy atom. The Morgan fingerprint density at radius 1 is 1.48 bits per heavy atom. The van der Waals surface area contributed by atoms with Crippen molar-refractivity contribution in [1.82, 2.24) is 14.5 Å². The van der Waals surface area contributed by atoms with Gasteiger partial charge in [-0.3, -0.25) is 0 Å². The molecule has 0 spiro atoms.